The first-order valence-electron chi connectivity index (χ1n) is 5.62. The second-order valence-electron chi connectivity index (χ2n) is 4.05. The molecule has 112 valence electrons. The summed E-state index contributed by atoms with van der Waals surface area (Å²) in [6.07, 6.45) is -4.75. The fraction of sp³-hybridized carbons (Fsp3) is 0.0769. The van der Waals surface area contributed by atoms with E-state index in [1.807, 2.05) is 0 Å². The van der Waals surface area contributed by atoms with E-state index in [0.29, 0.717) is 11.4 Å². The lowest BCUT2D eigenvalue weighted by Crippen LogP contribution is -2.16. The highest BCUT2D eigenvalue weighted by Gasteiger charge is 2.30. The molecule has 0 spiro atoms. The average molecular weight is 321 g/mol. The molecule has 0 fully saturated rings. The topological polar surface area (TPSA) is 47.3 Å². The number of hydrogen-bond donors (Lipinski definition) is 2. The smallest absolute Gasteiger partial charge is 0.406 e. The van der Waals surface area contributed by atoms with E-state index < -0.39 is 12.2 Å². The number of alkyl halides is 3. The van der Waals surface area contributed by atoms with Gasteiger partial charge in [0, 0.05) is 11.8 Å². The van der Waals surface area contributed by atoms with Crippen LogP contribution in [0, 0.1) is 5.82 Å². The Morgan fingerprint density at radius 2 is 1.71 bits per heavy atom. The van der Waals surface area contributed by atoms with Crippen molar-refractivity contribution in [3.05, 3.63) is 47.2 Å². The minimum atomic E-state index is -4.75. The molecule has 3 nitrogen and oxygen atoms in total. The maximum absolute atomic E-state index is 13.1. The summed E-state index contributed by atoms with van der Waals surface area (Å²) in [7, 11) is 0. The largest absolute Gasteiger partial charge is 0.573 e. The van der Waals surface area contributed by atoms with Crippen molar-refractivity contribution in [1.82, 2.24) is 0 Å². The van der Waals surface area contributed by atoms with Gasteiger partial charge in [0.25, 0.3) is 0 Å². The molecule has 2 rings (SSSR count). The van der Waals surface area contributed by atoms with Crippen molar-refractivity contribution in [2.45, 2.75) is 6.36 Å². The number of nitrogens with one attached hydrogen (secondary N) is 1. The van der Waals surface area contributed by atoms with Gasteiger partial charge in [-0.2, -0.15) is 0 Å². The van der Waals surface area contributed by atoms with Gasteiger partial charge in [-0.1, -0.05) is 11.6 Å². The number of anilines is 3. The maximum atomic E-state index is 13.1. The molecule has 0 bridgehead atoms. The second-order valence-corrected chi connectivity index (χ2v) is 4.46. The number of benzene rings is 2. The molecule has 0 atom stereocenters. The lowest BCUT2D eigenvalue weighted by Gasteiger charge is -2.12. The van der Waals surface area contributed by atoms with Gasteiger partial charge in [-0.25, -0.2) is 4.39 Å². The summed E-state index contributed by atoms with van der Waals surface area (Å²) in [6, 6.07) is 7.32. The lowest BCUT2D eigenvalue weighted by molar-refractivity contribution is -0.274. The Hall–Kier alpha value is -2.15. The normalized spacial score (nSPS) is 11.3. The van der Waals surface area contributed by atoms with Crippen molar-refractivity contribution in [3.8, 4) is 5.75 Å². The van der Waals surface area contributed by atoms with Crippen LogP contribution in [0.1, 0.15) is 0 Å². The first-order valence-corrected chi connectivity index (χ1v) is 6.00. The zero-order valence-corrected chi connectivity index (χ0v) is 11.1. The first-order chi connectivity index (χ1) is 9.74. The molecule has 0 radical (unpaired) electrons. The van der Waals surface area contributed by atoms with Crippen molar-refractivity contribution in [1.29, 1.82) is 0 Å². The van der Waals surface area contributed by atoms with Gasteiger partial charge in [0.1, 0.15) is 11.6 Å². The molecule has 0 amide bonds. The Morgan fingerprint density at radius 1 is 1.10 bits per heavy atom. The van der Waals surface area contributed by atoms with Gasteiger partial charge in [0.15, 0.2) is 0 Å². The van der Waals surface area contributed by atoms with Crippen LogP contribution in [0.2, 0.25) is 5.02 Å². The van der Waals surface area contributed by atoms with E-state index >= 15 is 0 Å². The molecule has 21 heavy (non-hydrogen) atoms. The minimum Gasteiger partial charge on any atom is -0.406 e. The highest BCUT2D eigenvalue weighted by molar-refractivity contribution is 6.31. The molecule has 0 aliphatic rings. The van der Waals surface area contributed by atoms with E-state index in [0.717, 1.165) is 18.2 Å². The first kappa shape index (κ1) is 15.2. The molecule has 2 aromatic rings. The lowest BCUT2D eigenvalue weighted by atomic mass is 10.2. The third-order valence-electron chi connectivity index (χ3n) is 2.46. The summed E-state index contributed by atoms with van der Waals surface area (Å²) >= 11 is 5.63. The Morgan fingerprint density at radius 3 is 2.29 bits per heavy atom. The van der Waals surface area contributed by atoms with Gasteiger partial charge in [0.2, 0.25) is 0 Å². The van der Waals surface area contributed by atoms with Gasteiger partial charge in [-0.3, -0.25) is 0 Å². The SMILES string of the molecule is Nc1cc(F)c(Cl)cc1Nc1ccc(OC(F)(F)F)cc1. The standard InChI is InChI=1S/C13H9ClF4N2O/c14-9-5-12(11(19)6-10(9)15)20-7-1-3-8(4-2-7)21-13(16,17)18/h1-6,20H,19H2. The summed E-state index contributed by atoms with van der Waals surface area (Å²) in [4.78, 5) is 0. The molecule has 3 N–H and O–H groups in total. The van der Waals surface area contributed by atoms with Gasteiger partial charge in [-0.15, -0.1) is 13.2 Å². The molecule has 0 saturated carbocycles. The van der Waals surface area contributed by atoms with Gasteiger partial charge >= 0.3 is 6.36 Å². The van der Waals surface area contributed by atoms with Crippen LogP contribution in [-0.2, 0) is 0 Å². The van der Waals surface area contributed by atoms with Crippen LogP contribution in [0.4, 0.5) is 34.6 Å². The predicted molar refractivity (Wildman–Crippen MR) is 72.2 cm³/mol. The molecule has 2 aromatic carbocycles. The van der Waals surface area contributed by atoms with Crippen molar-refractivity contribution >= 4 is 28.7 Å². The number of nitrogen functional groups attached to an aromatic ring is 1. The summed E-state index contributed by atoms with van der Waals surface area (Å²) in [5.41, 5.74) is 6.52. The highest BCUT2D eigenvalue weighted by Crippen LogP contribution is 2.30. The van der Waals surface area contributed by atoms with Gasteiger partial charge < -0.3 is 15.8 Å². The van der Waals surface area contributed by atoms with E-state index in [9.17, 15) is 17.6 Å². The van der Waals surface area contributed by atoms with Crippen LogP contribution in [0.3, 0.4) is 0 Å². The fourth-order valence-electron chi connectivity index (χ4n) is 1.57. The molecule has 0 aliphatic carbocycles. The van der Waals surface area contributed by atoms with Crippen LogP contribution in [0.5, 0.6) is 5.75 Å². The van der Waals surface area contributed by atoms with Crippen molar-refractivity contribution in [2.75, 3.05) is 11.1 Å². The van der Waals surface area contributed by atoms with Crippen LogP contribution < -0.4 is 15.8 Å². The molecule has 0 aliphatic heterocycles. The zero-order chi connectivity index (χ0) is 15.6. The minimum absolute atomic E-state index is 0.118. The Bertz CT molecular complexity index is 644. The number of hydrogen-bond acceptors (Lipinski definition) is 3. The van der Waals surface area contributed by atoms with Crippen LogP contribution >= 0.6 is 11.6 Å². The van der Waals surface area contributed by atoms with Crippen LogP contribution in [-0.4, -0.2) is 6.36 Å². The molecule has 8 heteroatoms. The van der Waals surface area contributed by atoms with Crippen LogP contribution in [0.15, 0.2) is 36.4 Å². The Labute approximate surface area is 122 Å². The summed E-state index contributed by atoms with van der Waals surface area (Å²) in [6.45, 7) is 0. The quantitative estimate of drug-likeness (QED) is 0.636. The Kier molecular flexibility index (Phi) is 4.13. The number of halogens is 5. The summed E-state index contributed by atoms with van der Waals surface area (Å²) < 4.78 is 52.9. The number of nitrogens with two attached hydrogens (primary N) is 1. The van der Waals surface area contributed by atoms with Gasteiger partial charge in [0.05, 0.1) is 16.4 Å². The van der Waals surface area contributed by atoms with E-state index in [-0.39, 0.29) is 16.5 Å². The van der Waals surface area contributed by atoms with Gasteiger partial charge in [-0.05, 0) is 30.3 Å². The maximum Gasteiger partial charge on any atom is 0.573 e. The van der Waals surface area contributed by atoms with E-state index in [2.05, 4.69) is 10.1 Å². The summed E-state index contributed by atoms with van der Waals surface area (Å²) in [5, 5.41) is 2.70. The van der Waals surface area contributed by atoms with E-state index in [1.54, 1.807) is 0 Å². The molecule has 0 aromatic heterocycles. The molecule has 0 heterocycles. The number of rotatable bonds is 3. The third kappa shape index (κ3) is 4.16. The fourth-order valence-corrected chi connectivity index (χ4v) is 1.73. The van der Waals surface area contributed by atoms with Crippen LogP contribution in [0.25, 0.3) is 0 Å². The van der Waals surface area contributed by atoms with Crippen molar-refractivity contribution < 1.29 is 22.3 Å². The Balaban J connectivity index is 2.16. The monoisotopic (exact) mass is 320 g/mol. The predicted octanol–water partition coefficient (Wildman–Crippen LogP) is 4.70. The van der Waals surface area contributed by atoms with Crippen molar-refractivity contribution in [2.24, 2.45) is 0 Å². The third-order valence-corrected chi connectivity index (χ3v) is 2.75. The second kappa shape index (κ2) is 5.69. The van der Waals surface area contributed by atoms with E-state index in [1.165, 1.54) is 18.2 Å². The zero-order valence-electron chi connectivity index (χ0n) is 10.3. The number of ether oxygens (including phenoxy) is 1. The van der Waals surface area contributed by atoms with Crippen molar-refractivity contribution in [3.63, 3.8) is 0 Å². The molecule has 0 saturated heterocycles. The molecule has 0 unspecified atom stereocenters. The summed E-state index contributed by atoms with van der Waals surface area (Å²) in [5.74, 6) is -1.01. The molecular weight excluding hydrogens is 312 g/mol. The van der Waals surface area contributed by atoms with E-state index in [4.69, 9.17) is 17.3 Å². The average Bonchev–Trinajstić information content (AvgIpc) is 2.36. The highest BCUT2D eigenvalue weighted by atomic mass is 35.5. The molecular formula is C13H9ClF4N2O.